The summed E-state index contributed by atoms with van der Waals surface area (Å²) in [5, 5.41) is 2.41. The van der Waals surface area contributed by atoms with Gasteiger partial charge in [-0.2, -0.15) is 13.2 Å². The third-order valence-corrected chi connectivity index (χ3v) is 4.72. The van der Waals surface area contributed by atoms with E-state index in [-0.39, 0.29) is 29.6 Å². The first-order valence-corrected chi connectivity index (χ1v) is 8.57. The predicted octanol–water partition coefficient (Wildman–Crippen LogP) is 4.66. The van der Waals surface area contributed by atoms with E-state index < -0.39 is 23.6 Å². The largest absolute Gasteiger partial charge is 0.416 e. The zero-order valence-electron chi connectivity index (χ0n) is 14.3. The summed E-state index contributed by atoms with van der Waals surface area (Å²) in [5.74, 6) is -1.43. The molecular formula is C19H16ClF3N2O2. The minimum atomic E-state index is -4.55. The second-order valence-corrected chi connectivity index (χ2v) is 6.83. The Morgan fingerprint density at radius 1 is 1.19 bits per heavy atom. The van der Waals surface area contributed by atoms with Crippen LogP contribution in [0.3, 0.4) is 0 Å². The van der Waals surface area contributed by atoms with Gasteiger partial charge in [0.1, 0.15) is 0 Å². The zero-order valence-corrected chi connectivity index (χ0v) is 15.1. The Hall–Kier alpha value is -2.54. The Kier molecular flexibility index (Phi) is 5.15. The highest BCUT2D eigenvalue weighted by molar-refractivity contribution is 6.33. The monoisotopic (exact) mass is 396 g/mol. The lowest BCUT2D eigenvalue weighted by Gasteiger charge is -2.17. The third kappa shape index (κ3) is 4.24. The first-order chi connectivity index (χ1) is 12.6. The Morgan fingerprint density at radius 2 is 1.85 bits per heavy atom. The van der Waals surface area contributed by atoms with Crippen LogP contribution in [0.25, 0.3) is 0 Å². The second kappa shape index (κ2) is 7.23. The van der Waals surface area contributed by atoms with Crippen molar-refractivity contribution in [3.8, 4) is 0 Å². The second-order valence-electron chi connectivity index (χ2n) is 6.42. The molecule has 2 aromatic rings. The number of hydrogen-bond acceptors (Lipinski definition) is 2. The third-order valence-electron chi connectivity index (χ3n) is 4.39. The van der Waals surface area contributed by atoms with Gasteiger partial charge in [0.15, 0.2) is 0 Å². The van der Waals surface area contributed by atoms with Crippen molar-refractivity contribution in [3.05, 3.63) is 58.6 Å². The number of anilines is 2. The van der Waals surface area contributed by atoms with E-state index in [0.717, 1.165) is 23.8 Å². The fourth-order valence-electron chi connectivity index (χ4n) is 2.89. The summed E-state index contributed by atoms with van der Waals surface area (Å²) in [6.45, 7) is 2.08. The number of carbonyl (C=O) groups is 2. The van der Waals surface area contributed by atoms with Crippen molar-refractivity contribution < 1.29 is 22.8 Å². The number of carbonyl (C=O) groups excluding carboxylic acids is 2. The van der Waals surface area contributed by atoms with Gasteiger partial charge in [0.25, 0.3) is 0 Å². The van der Waals surface area contributed by atoms with Gasteiger partial charge in [-0.3, -0.25) is 9.59 Å². The highest BCUT2D eigenvalue weighted by atomic mass is 35.5. The molecule has 0 aromatic heterocycles. The lowest BCUT2D eigenvalue weighted by atomic mass is 10.1. The summed E-state index contributed by atoms with van der Waals surface area (Å²) in [7, 11) is 0. The molecule has 1 heterocycles. The average molecular weight is 397 g/mol. The zero-order chi connectivity index (χ0) is 19.8. The number of amides is 2. The van der Waals surface area contributed by atoms with E-state index in [1.54, 1.807) is 12.1 Å². The number of halogens is 4. The van der Waals surface area contributed by atoms with Crippen molar-refractivity contribution in [1.29, 1.82) is 0 Å². The van der Waals surface area contributed by atoms with Crippen LogP contribution in [0.4, 0.5) is 24.5 Å². The standard InChI is InChI=1S/C19H16ClF3N2O2/c1-11-2-5-14(6-3-11)25-10-12(8-17(25)26)18(27)24-16-9-13(19(21,22)23)4-7-15(16)20/h2-7,9,12H,8,10H2,1H3,(H,24,27). The molecule has 0 bridgehead atoms. The normalized spacial score (nSPS) is 17.3. The molecule has 0 radical (unpaired) electrons. The van der Waals surface area contributed by atoms with Gasteiger partial charge in [0, 0.05) is 18.7 Å². The van der Waals surface area contributed by atoms with Gasteiger partial charge in [-0.1, -0.05) is 29.3 Å². The van der Waals surface area contributed by atoms with Crippen LogP contribution in [-0.2, 0) is 15.8 Å². The number of hydrogen-bond donors (Lipinski definition) is 1. The maximum Gasteiger partial charge on any atom is 0.416 e. The molecule has 8 heteroatoms. The van der Waals surface area contributed by atoms with Gasteiger partial charge in [-0.25, -0.2) is 0 Å². The molecule has 142 valence electrons. The Morgan fingerprint density at radius 3 is 2.48 bits per heavy atom. The predicted molar refractivity (Wildman–Crippen MR) is 96.7 cm³/mol. The van der Waals surface area contributed by atoms with Gasteiger partial charge in [-0.15, -0.1) is 0 Å². The van der Waals surface area contributed by atoms with Gasteiger partial charge in [0.05, 0.1) is 22.2 Å². The molecular weight excluding hydrogens is 381 g/mol. The van der Waals surface area contributed by atoms with E-state index in [0.29, 0.717) is 5.69 Å². The van der Waals surface area contributed by atoms with Crippen molar-refractivity contribution in [2.24, 2.45) is 5.92 Å². The summed E-state index contributed by atoms with van der Waals surface area (Å²) < 4.78 is 38.5. The molecule has 2 amide bonds. The van der Waals surface area contributed by atoms with Gasteiger partial charge in [-0.05, 0) is 37.3 Å². The Bertz CT molecular complexity index is 882. The number of rotatable bonds is 3. The molecule has 1 aliphatic rings. The van der Waals surface area contributed by atoms with Gasteiger partial charge in [0.2, 0.25) is 11.8 Å². The highest BCUT2D eigenvalue weighted by Gasteiger charge is 2.36. The maximum atomic E-state index is 12.8. The van der Waals surface area contributed by atoms with Crippen molar-refractivity contribution in [2.45, 2.75) is 19.5 Å². The summed E-state index contributed by atoms with van der Waals surface area (Å²) in [6, 6.07) is 10.0. The van der Waals surface area contributed by atoms with E-state index in [9.17, 15) is 22.8 Å². The van der Waals surface area contributed by atoms with Crippen LogP contribution in [0.2, 0.25) is 5.02 Å². The van der Waals surface area contributed by atoms with Crippen molar-refractivity contribution in [1.82, 2.24) is 0 Å². The smallest absolute Gasteiger partial charge is 0.324 e. The Balaban J connectivity index is 1.74. The topological polar surface area (TPSA) is 49.4 Å². The molecule has 4 nitrogen and oxygen atoms in total. The SMILES string of the molecule is Cc1ccc(N2CC(C(=O)Nc3cc(C(F)(F)F)ccc3Cl)CC2=O)cc1. The van der Waals surface area contributed by atoms with Gasteiger partial charge >= 0.3 is 6.18 Å². The van der Waals surface area contributed by atoms with Crippen LogP contribution < -0.4 is 10.2 Å². The Labute approximate surface area is 158 Å². The van der Waals surface area contributed by atoms with E-state index in [2.05, 4.69) is 5.32 Å². The average Bonchev–Trinajstić information content (AvgIpc) is 2.98. The highest BCUT2D eigenvalue weighted by Crippen LogP contribution is 2.34. The first-order valence-electron chi connectivity index (χ1n) is 8.20. The molecule has 1 N–H and O–H groups in total. The van der Waals surface area contributed by atoms with Crippen molar-refractivity contribution in [2.75, 3.05) is 16.8 Å². The maximum absolute atomic E-state index is 12.8. The summed E-state index contributed by atoms with van der Waals surface area (Å²) in [4.78, 5) is 26.2. The van der Waals surface area contributed by atoms with Crippen LogP contribution in [0.1, 0.15) is 17.5 Å². The van der Waals surface area contributed by atoms with E-state index in [4.69, 9.17) is 11.6 Å². The lowest BCUT2D eigenvalue weighted by Crippen LogP contribution is -2.28. The van der Waals surface area contributed by atoms with E-state index >= 15 is 0 Å². The minimum Gasteiger partial charge on any atom is -0.324 e. The van der Waals surface area contributed by atoms with Crippen LogP contribution in [-0.4, -0.2) is 18.4 Å². The molecule has 3 rings (SSSR count). The molecule has 1 atom stereocenters. The van der Waals surface area contributed by atoms with Crippen LogP contribution in [0.5, 0.6) is 0 Å². The van der Waals surface area contributed by atoms with E-state index in [1.807, 2.05) is 19.1 Å². The minimum absolute atomic E-state index is 0.00364. The molecule has 0 spiro atoms. The number of nitrogens with one attached hydrogen (secondary N) is 1. The fraction of sp³-hybridized carbons (Fsp3) is 0.263. The molecule has 2 aromatic carbocycles. The number of aryl methyl sites for hydroxylation is 1. The van der Waals surface area contributed by atoms with Crippen molar-refractivity contribution in [3.63, 3.8) is 0 Å². The molecule has 1 unspecified atom stereocenters. The van der Waals surface area contributed by atoms with Gasteiger partial charge < -0.3 is 10.2 Å². The molecule has 1 fully saturated rings. The number of benzene rings is 2. The first kappa shape index (κ1) is 19.2. The molecule has 0 aliphatic carbocycles. The quantitative estimate of drug-likeness (QED) is 0.820. The summed E-state index contributed by atoms with van der Waals surface area (Å²) in [5.41, 5.74) is 0.681. The lowest BCUT2D eigenvalue weighted by molar-refractivity contribution is -0.137. The molecule has 1 aliphatic heterocycles. The molecule has 27 heavy (non-hydrogen) atoms. The van der Waals surface area contributed by atoms with E-state index in [1.165, 1.54) is 4.90 Å². The molecule has 1 saturated heterocycles. The van der Waals surface area contributed by atoms with Crippen LogP contribution >= 0.6 is 11.6 Å². The summed E-state index contributed by atoms with van der Waals surface area (Å²) >= 11 is 5.91. The van der Waals surface area contributed by atoms with Crippen molar-refractivity contribution >= 4 is 34.8 Å². The molecule has 0 saturated carbocycles. The number of nitrogens with zero attached hydrogens (tertiary/aromatic N) is 1. The van der Waals surface area contributed by atoms with Crippen LogP contribution in [0.15, 0.2) is 42.5 Å². The fourth-order valence-corrected chi connectivity index (χ4v) is 3.05. The number of alkyl halides is 3. The van der Waals surface area contributed by atoms with Crippen LogP contribution in [0, 0.1) is 12.8 Å². The summed E-state index contributed by atoms with van der Waals surface area (Å²) in [6.07, 6.45) is -4.56.